The first-order valence-electron chi connectivity index (χ1n) is 4.43. The van der Waals surface area contributed by atoms with Crippen LogP contribution in [-0.2, 0) is 15.6 Å². The van der Waals surface area contributed by atoms with Gasteiger partial charge in [-0.25, -0.2) is 4.79 Å². The van der Waals surface area contributed by atoms with Gasteiger partial charge in [-0.15, -0.1) is 0 Å². The SMILES string of the molecule is NC(=O)NC(=O)CS(=O)c1ccc(N)cc1Br. The molecule has 0 saturated carbocycles. The Morgan fingerprint density at radius 1 is 1.41 bits per heavy atom. The number of hydrogen-bond acceptors (Lipinski definition) is 4. The molecule has 6 nitrogen and oxygen atoms in total. The smallest absolute Gasteiger partial charge is 0.318 e. The Bertz CT molecular complexity index is 492. The number of imide groups is 1. The first-order valence-corrected chi connectivity index (χ1v) is 6.54. The summed E-state index contributed by atoms with van der Waals surface area (Å²) in [5.41, 5.74) is 10.8. The molecular weight excluding hydrogens is 310 g/mol. The molecule has 0 aromatic heterocycles. The lowest BCUT2D eigenvalue weighted by atomic mass is 10.3. The second-order valence-electron chi connectivity index (χ2n) is 3.09. The number of urea groups is 1. The maximum Gasteiger partial charge on any atom is 0.318 e. The van der Waals surface area contributed by atoms with Crippen LogP contribution in [-0.4, -0.2) is 21.9 Å². The van der Waals surface area contributed by atoms with E-state index in [4.69, 9.17) is 11.5 Å². The number of amides is 3. The van der Waals surface area contributed by atoms with Crippen molar-refractivity contribution in [2.45, 2.75) is 4.90 Å². The van der Waals surface area contributed by atoms with Crippen molar-refractivity contribution in [1.29, 1.82) is 0 Å². The number of carbonyl (C=O) groups excluding carboxylic acids is 2. The highest BCUT2D eigenvalue weighted by molar-refractivity contribution is 9.10. The highest BCUT2D eigenvalue weighted by Gasteiger charge is 2.14. The summed E-state index contributed by atoms with van der Waals surface area (Å²) in [6, 6.07) is 3.74. The van der Waals surface area contributed by atoms with Crippen LogP contribution < -0.4 is 16.8 Å². The van der Waals surface area contributed by atoms with E-state index >= 15 is 0 Å². The minimum absolute atomic E-state index is 0.342. The van der Waals surface area contributed by atoms with Crippen molar-refractivity contribution >= 4 is 44.4 Å². The number of carbonyl (C=O) groups is 2. The van der Waals surface area contributed by atoms with Gasteiger partial charge >= 0.3 is 6.03 Å². The average molecular weight is 320 g/mol. The van der Waals surface area contributed by atoms with E-state index in [0.29, 0.717) is 15.1 Å². The van der Waals surface area contributed by atoms with Crippen LogP contribution in [0.1, 0.15) is 0 Å². The lowest BCUT2D eigenvalue weighted by molar-refractivity contribution is -0.117. The molecule has 5 N–H and O–H groups in total. The number of halogens is 1. The van der Waals surface area contributed by atoms with E-state index in [2.05, 4.69) is 15.9 Å². The molecule has 0 radical (unpaired) electrons. The van der Waals surface area contributed by atoms with Gasteiger partial charge in [0.15, 0.2) is 0 Å². The third-order valence-corrected chi connectivity index (χ3v) is 4.02. The van der Waals surface area contributed by atoms with Gasteiger partial charge in [-0.3, -0.25) is 14.3 Å². The quantitative estimate of drug-likeness (QED) is 0.696. The minimum atomic E-state index is -1.57. The van der Waals surface area contributed by atoms with Crippen LogP contribution in [0.3, 0.4) is 0 Å². The third-order valence-electron chi connectivity index (χ3n) is 1.73. The second kappa shape index (κ2) is 5.78. The third kappa shape index (κ3) is 4.16. The molecule has 0 saturated heterocycles. The summed E-state index contributed by atoms with van der Waals surface area (Å²) in [6.07, 6.45) is 0. The van der Waals surface area contributed by atoms with Crippen LogP contribution in [0.15, 0.2) is 27.6 Å². The molecule has 0 bridgehead atoms. The highest BCUT2D eigenvalue weighted by Crippen LogP contribution is 2.22. The Balaban J connectivity index is 2.76. The van der Waals surface area contributed by atoms with Gasteiger partial charge in [-0.1, -0.05) is 0 Å². The van der Waals surface area contributed by atoms with Gasteiger partial charge in [-0.2, -0.15) is 0 Å². The van der Waals surface area contributed by atoms with E-state index in [1.165, 1.54) is 0 Å². The molecule has 92 valence electrons. The number of benzene rings is 1. The highest BCUT2D eigenvalue weighted by atomic mass is 79.9. The van der Waals surface area contributed by atoms with E-state index in [-0.39, 0.29) is 5.75 Å². The molecule has 1 rings (SSSR count). The molecule has 8 heteroatoms. The molecule has 0 aliphatic heterocycles. The number of hydrogen-bond donors (Lipinski definition) is 3. The van der Waals surface area contributed by atoms with E-state index in [0.717, 1.165) is 0 Å². The molecule has 0 aliphatic carbocycles. The van der Waals surface area contributed by atoms with Gasteiger partial charge in [-0.05, 0) is 34.1 Å². The van der Waals surface area contributed by atoms with Crippen LogP contribution in [0.25, 0.3) is 0 Å². The molecule has 3 amide bonds. The average Bonchev–Trinajstić information content (AvgIpc) is 2.15. The maximum atomic E-state index is 11.8. The fourth-order valence-corrected chi connectivity index (χ4v) is 2.97. The Morgan fingerprint density at radius 2 is 2.06 bits per heavy atom. The number of nitrogens with two attached hydrogens (primary N) is 2. The Hall–Kier alpha value is -1.41. The van der Waals surface area contributed by atoms with Crippen LogP contribution in [0.2, 0.25) is 0 Å². The van der Waals surface area contributed by atoms with E-state index in [9.17, 15) is 13.8 Å². The molecule has 17 heavy (non-hydrogen) atoms. The second-order valence-corrected chi connectivity index (χ2v) is 5.37. The van der Waals surface area contributed by atoms with Gasteiger partial charge in [0.25, 0.3) is 0 Å². The van der Waals surface area contributed by atoms with Crippen LogP contribution in [0.4, 0.5) is 10.5 Å². The fourth-order valence-electron chi connectivity index (χ4n) is 1.07. The first-order chi connectivity index (χ1) is 7.90. The number of anilines is 1. The first kappa shape index (κ1) is 13.7. The molecule has 1 aromatic carbocycles. The van der Waals surface area contributed by atoms with Crippen molar-refractivity contribution < 1.29 is 13.8 Å². The molecule has 1 unspecified atom stereocenters. The number of rotatable bonds is 3. The largest absolute Gasteiger partial charge is 0.399 e. The number of nitrogen functional groups attached to an aromatic ring is 1. The zero-order chi connectivity index (χ0) is 13.0. The van der Waals surface area contributed by atoms with Crippen LogP contribution >= 0.6 is 15.9 Å². The summed E-state index contributed by atoms with van der Waals surface area (Å²) in [6.45, 7) is 0. The van der Waals surface area contributed by atoms with Gasteiger partial charge in [0.05, 0.1) is 15.7 Å². The fraction of sp³-hybridized carbons (Fsp3) is 0.111. The molecule has 0 spiro atoms. The normalized spacial score (nSPS) is 11.8. The van der Waals surface area contributed by atoms with E-state index in [1.807, 2.05) is 5.32 Å². The zero-order valence-corrected chi connectivity index (χ0v) is 11.0. The molecule has 1 atom stereocenters. The van der Waals surface area contributed by atoms with Gasteiger partial charge in [0.1, 0.15) is 5.75 Å². The zero-order valence-electron chi connectivity index (χ0n) is 8.60. The predicted octanol–water partition coefficient (Wildman–Crippen LogP) is 0.334. The standard InChI is InChI=1S/C9H10BrN3O3S/c10-6-3-5(11)1-2-7(6)17(16)4-8(14)13-9(12)15/h1-3H,4,11H2,(H3,12,13,14,15). The van der Waals surface area contributed by atoms with E-state index in [1.54, 1.807) is 18.2 Å². The lowest BCUT2D eigenvalue weighted by Gasteiger charge is -2.05. The maximum absolute atomic E-state index is 11.8. The van der Waals surface area contributed by atoms with E-state index < -0.39 is 22.7 Å². The van der Waals surface area contributed by atoms with Crippen molar-refractivity contribution in [3.05, 3.63) is 22.7 Å². The monoisotopic (exact) mass is 319 g/mol. The Labute approximate surface area is 108 Å². The van der Waals surface area contributed by atoms with Crippen molar-refractivity contribution in [3.63, 3.8) is 0 Å². The molecule has 1 aromatic rings. The number of primary amides is 1. The molecule has 0 aliphatic rings. The summed E-state index contributed by atoms with van der Waals surface area (Å²) >= 11 is 3.19. The Morgan fingerprint density at radius 3 is 2.59 bits per heavy atom. The van der Waals surface area contributed by atoms with Crippen molar-refractivity contribution in [2.75, 3.05) is 11.5 Å². The minimum Gasteiger partial charge on any atom is -0.399 e. The molecular formula is C9H10BrN3O3S. The summed E-state index contributed by atoms with van der Waals surface area (Å²) in [5, 5.41) is 1.84. The van der Waals surface area contributed by atoms with Crippen molar-refractivity contribution in [3.8, 4) is 0 Å². The van der Waals surface area contributed by atoms with Gasteiger partial charge < -0.3 is 11.5 Å². The van der Waals surface area contributed by atoms with Crippen LogP contribution in [0.5, 0.6) is 0 Å². The Kier molecular flexibility index (Phi) is 4.64. The summed E-state index contributed by atoms with van der Waals surface area (Å²) in [4.78, 5) is 22.0. The van der Waals surface area contributed by atoms with Crippen molar-refractivity contribution in [1.82, 2.24) is 5.32 Å². The molecule has 0 heterocycles. The van der Waals surface area contributed by atoms with Crippen LogP contribution in [0, 0.1) is 0 Å². The van der Waals surface area contributed by atoms with Gasteiger partial charge in [0.2, 0.25) is 5.91 Å². The molecule has 0 fully saturated rings. The topological polar surface area (TPSA) is 115 Å². The van der Waals surface area contributed by atoms with Crippen molar-refractivity contribution in [2.24, 2.45) is 5.73 Å². The predicted molar refractivity (Wildman–Crippen MR) is 67.6 cm³/mol. The lowest BCUT2D eigenvalue weighted by Crippen LogP contribution is -2.37. The summed E-state index contributed by atoms with van der Waals surface area (Å²) in [5.74, 6) is -1.04. The van der Waals surface area contributed by atoms with Gasteiger partial charge in [0, 0.05) is 10.2 Å². The summed E-state index contributed by atoms with van der Waals surface area (Å²) < 4.78 is 12.3. The summed E-state index contributed by atoms with van der Waals surface area (Å²) in [7, 11) is -1.57. The number of nitrogens with one attached hydrogen (secondary N) is 1.